The molecule has 3 heterocycles. The summed E-state index contributed by atoms with van der Waals surface area (Å²) in [5.74, 6) is 0. The van der Waals surface area contributed by atoms with Gasteiger partial charge in [-0.05, 0) is 0 Å². The fraction of sp³-hybridized carbons (Fsp3) is 0.778. The van der Waals surface area contributed by atoms with Gasteiger partial charge in [0, 0.05) is 14.1 Å². The van der Waals surface area contributed by atoms with Gasteiger partial charge in [-0.1, -0.05) is 0 Å². The highest BCUT2D eigenvalue weighted by Gasteiger charge is 2.55. The van der Waals surface area contributed by atoms with Gasteiger partial charge in [-0.25, -0.2) is 14.5 Å². The molecule has 3 aliphatic heterocycles. The largest absolute Gasteiger partial charge is 0.371 e. The predicted octanol–water partition coefficient (Wildman–Crippen LogP) is -0.513. The van der Waals surface area contributed by atoms with E-state index < -0.39 is 0 Å². The van der Waals surface area contributed by atoms with Crippen LogP contribution in [-0.4, -0.2) is 72.6 Å². The lowest BCUT2D eigenvalue weighted by Crippen LogP contribution is -2.46. The van der Waals surface area contributed by atoms with Crippen LogP contribution in [0.2, 0.25) is 0 Å². The molecule has 0 aliphatic carbocycles. The van der Waals surface area contributed by atoms with Crippen LogP contribution in [0, 0.1) is 0 Å². The summed E-state index contributed by atoms with van der Waals surface area (Å²) in [7, 11) is 3.11. The zero-order valence-corrected chi connectivity index (χ0v) is 9.12. The molecular formula is C9H13N3O4. The van der Waals surface area contributed by atoms with Crippen LogP contribution in [0.3, 0.4) is 0 Å². The third-order valence-electron chi connectivity index (χ3n) is 3.06. The molecule has 4 amide bonds. The summed E-state index contributed by atoms with van der Waals surface area (Å²) in [4.78, 5) is 27.8. The lowest BCUT2D eigenvalue weighted by Gasteiger charge is -2.23. The Bertz CT molecular complexity index is 357. The van der Waals surface area contributed by atoms with Gasteiger partial charge in [0.05, 0.1) is 19.3 Å². The third kappa shape index (κ3) is 1.35. The van der Waals surface area contributed by atoms with E-state index in [0.717, 1.165) is 4.90 Å². The van der Waals surface area contributed by atoms with Crippen molar-refractivity contribution in [1.82, 2.24) is 14.7 Å². The Labute approximate surface area is 92.5 Å². The summed E-state index contributed by atoms with van der Waals surface area (Å²) in [5, 5.41) is 0. The van der Waals surface area contributed by atoms with Crippen LogP contribution < -0.4 is 0 Å². The molecule has 0 radical (unpaired) electrons. The zero-order chi connectivity index (χ0) is 11.4. The van der Waals surface area contributed by atoms with Gasteiger partial charge in [-0.2, -0.15) is 0 Å². The van der Waals surface area contributed by atoms with Crippen LogP contribution >= 0.6 is 0 Å². The fourth-order valence-corrected chi connectivity index (χ4v) is 1.91. The minimum atomic E-state index is -0.336. The number of urea groups is 2. The van der Waals surface area contributed by atoms with Crippen molar-refractivity contribution >= 4 is 12.1 Å². The first kappa shape index (κ1) is 9.86. The number of hydrogen-bond acceptors (Lipinski definition) is 4. The molecule has 0 bridgehead atoms. The average Bonchev–Trinajstić information content (AvgIpc) is 3.12. The highest BCUT2D eigenvalue weighted by Crippen LogP contribution is 2.33. The van der Waals surface area contributed by atoms with Crippen molar-refractivity contribution in [3.05, 3.63) is 0 Å². The first-order valence-corrected chi connectivity index (χ1v) is 5.18. The molecular weight excluding hydrogens is 214 g/mol. The Kier molecular flexibility index (Phi) is 1.90. The minimum absolute atomic E-state index is 0.0979. The average molecular weight is 227 g/mol. The number of likely N-dealkylation sites (N-methyl/N-ethyl adjacent to an activating group) is 1. The Morgan fingerprint density at radius 3 is 2.56 bits per heavy atom. The molecule has 0 aromatic rings. The molecule has 3 rings (SSSR count). The van der Waals surface area contributed by atoms with Crippen molar-refractivity contribution in [2.45, 2.75) is 18.6 Å². The van der Waals surface area contributed by atoms with Crippen LogP contribution in [0.4, 0.5) is 9.59 Å². The van der Waals surface area contributed by atoms with E-state index in [-0.39, 0.29) is 30.6 Å². The molecule has 0 saturated carbocycles. The third-order valence-corrected chi connectivity index (χ3v) is 3.06. The molecule has 3 aliphatic rings. The highest BCUT2D eigenvalue weighted by molar-refractivity contribution is 5.94. The number of hydrogen-bond donors (Lipinski definition) is 0. The lowest BCUT2D eigenvalue weighted by atomic mass is 10.4. The molecule has 3 fully saturated rings. The van der Waals surface area contributed by atoms with Crippen molar-refractivity contribution in [3.63, 3.8) is 0 Å². The number of fused-ring (bicyclic) bond motifs is 1. The number of carbonyl (C=O) groups is 2. The van der Waals surface area contributed by atoms with Crippen LogP contribution in [0.1, 0.15) is 0 Å². The quantitative estimate of drug-likeness (QED) is 0.596. The lowest BCUT2D eigenvalue weighted by molar-refractivity contribution is 0.116. The second-order valence-electron chi connectivity index (χ2n) is 4.26. The SMILES string of the molecule is CN1C(=O)N(C)C2OC2N(CC2CO2)C1=O. The summed E-state index contributed by atoms with van der Waals surface area (Å²) in [6.45, 7) is 1.17. The molecule has 16 heavy (non-hydrogen) atoms. The number of rotatable bonds is 2. The Morgan fingerprint density at radius 2 is 1.94 bits per heavy atom. The summed E-state index contributed by atoms with van der Waals surface area (Å²) < 4.78 is 10.4. The Balaban J connectivity index is 1.82. The van der Waals surface area contributed by atoms with Crippen molar-refractivity contribution in [1.29, 1.82) is 0 Å². The first-order chi connectivity index (χ1) is 7.59. The van der Waals surface area contributed by atoms with E-state index in [1.54, 1.807) is 11.9 Å². The van der Waals surface area contributed by atoms with Gasteiger partial charge in [0.25, 0.3) is 0 Å². The molecule has 0 N–H and O–H groups in total. The van der Waals surface area contributed by atoms with Crippen LogP contribution in [0.15, 0.2) is 0 Å². The number of nitrogens with zero attached hydrogens (tertiary/aromatic N) is 3. The van der Waals surface area contributed by atoms with Gasteiger partial charge in [-0.3, -0.25) is 9.80 Å². The summed E-state index contributed by atoms with van der Waals surface area (Å²) >= 11 is 0. The molecule has 88 valence electrons. The normalized spacial score (nSPS) is 37.4. The standard InChI is InChI=1S/C9H13N3O4/c1-10-6-7(16-6)12(3-5-4-15-5)9(14)11(2)8(10)13/h5-7H,3-4H2,1-2H3. The summed E-state index contributed by atoms with van der Waals surface area (Å²) in [5.41, 5.74) is 0. The van der Waals surface area contributed by atoms with E-state index in [4.69, 9.17) is 9.47 Å². The molecule has 7 heteroatoms. The van der Waals surface area contributed by atoms with Gasteiger partial charge in [-0.15, -0.1) is 0 Å². The maximum absolute atomic E-state index is 12.0. The van der Waals surface area contributed by atoms with Crippen LogP contribution in [-0.2, 0) is 9.47 Å². The Morgan fingerprint density at radius 1 is 1.25 bits per heavy atom. The predicted molar refractivity (Wildman–Crippen MR) is 51.4 cm³/mol. The van der Waals surface area contributed by atoms with E-state index in [1.807, 2.05) is 0 Å². The molecule has 0 aromatic carbocycles. The number of ether oxygens (including phenoxy) is 2. The van der Waals surface area contributed by atoms with Gasteiger partial charge < -0.3 is 9.47 Å². The first-order valence-electron chi connectivity index (χ1n) is 5.18. The van der Waals surface area contributed by atoms with Gasteiger partial charge in [0.1, 0.15) is 0 Å². The van der Waals surface area contributed by atoms with E-state index in [9.17, 15) is 9.59 Å². The fourth-order valence-electron chi connectivity index (χ4n) is 1.91. The second kappa shape index (κ2) is 3.08. The molecule has 3 atom stereocenters. The minimum Gasteiger partial charge on any atom is -0.371 e. The molecule has 0 spiro atoms. The number of epoxide rings is 2. The molecule has 0 aromatic heterocycles. The summed E-state index contributed by atoms with van der Waals surface area (Å²) in [6, 6.07) is -0.658. The molecule has 3 unspecified atom stereocenters. The van der Waals surface area contributed by atoms with E-state index in [2.05, 4.69) is 0 Å². The van der Waals surface area contributed by atoms with Crippen molar-refractivity contribution in [2.75, 3.05) is 27.2 Å². The number of amides is 4. The van der Waals surface area contributed by atoms with E-state index in [1.165, 1.54) is 11.9 Å². The van der Waals surface area contributed by atoms with Crippen molar-refractivity contribution in [3.8, 4) is 0 Å². The van der Waals surface area contributed by atoms with Gasteiger partial charge in [0.2, 0.25) is 0 Å². The maximum Gasteiger partial charge on any atom is 0.330 e. The smallest absolute Gasteiger partial charge is 0.330 e. The van der Waals surface area contributed by atoms with Crippen molar-refractivity contribution < 1.29 is 19.1 Å². The zero-order valence-electron chi connectivity index (χ0n) is 9.12. The van der Waals surface area contributed by atoms with Crippen LogP contribution in [0.25, 0.3) is 0 Å². The van der Waals surface area contributed by atoms with Gasteiger partial charge >= 0.3 is 12.1 Å². The van der Waals surface area contributed by atoms with E-state index >= 15 is 0 Å². The van der Waals surface area contributed by atoms with E-state index in [0.29, 0.717) is 13.2 Å². The topological polar surface area (TPSA) is 68.9 Å². The second-order valence-corrected chi connectivity index (χ2v) is 4.26. The molecule has 7 nitrogen and oxygen atoms in total. The maximum atomic E-state index is 12.0. The number of carbonyl (C=O) groups excluding carboxylic acids is 2. The molecule has 3 saturated heterocycles. The monoisotopic (exact) mass is 227 g/mol. The van der Waals surface area contributed by atoms with Crippen molar-refractivity contribution in [2.24, 2.45) is 0 Å². The van der Waals surface area contributed by atoms with Gasteiger partial charge in [0.15, 0.2) is 12.5 Å². The Hall–Kier alpha value is -1.34. The van der Waals surface area contributed by atoms with Crippen LogP contribution in [0.5, 0.6) is 0 Å². The number of imide groups is 1. The summed E-state index contributed by atoms with van der Waals surface area (Å²) in [6.07, 6.45) is -0.517. The highest BCUT2D eigenvalue weighted by atomic mass is 16.6.